The van der Waals surface area contributed by atoms with Crippen LogP contribution in [0, 0.1) is 17.8 Å². The van der Waals surface area contributed by atoms with Crippen LogP contribution in [-0.4, -0.2) is 62.1 Å². The van der Waals surface area contributed by atoms with Crippen molar-refractivity contribution in [3.8, 4) is 0 Å². The molecule has 5 heteroatoms. The summed E-state index contributed by atoms with van der Waals surface area (Å²) in [5.41, 5.74) is 0. The van der Waals surface area contributed by atoms with E-state index in [4.69, 9.17) is 24.4 Å². The molecule has 0 spiro atoms. The standard InChI is InChI=1S/C11H24O2.C6H10O3/c1-4-5-10(7-12)6-11(8-13)9(2)3;1(5-3-8-5)7-2-6-4-9-6/h9-13H,4-8H2,1-3H3;5-6H,1-4H2. The van der Waals surface area contributed by atoms with Crippen LogP contribution in [0.15, 0.2) is 0 Å². The average Bonchev–Trinajstić information content (AvgIpc) is 3.38. The molecule has 0 aromatic heterocycles. The molecule has 132 valence electrons. The van der Waals surface area contributed by atoms with E-state index in [0.29, 0.717) is 30.0 Å². The van der Waals surface area contributed by atoms with Gasteiger partial charge in [0.1, 0.15) is 12.2 Å². The summed E-state index contributed by atoms with van der Waals surface area (Å²) in [7, 11) is 0. The third-order valence-electron chi connectivity index (χ3n) is 4.18. The van der Waals surface area contributed by atoms with E-state index in [2.05, 4.69) is 20.8 Å². The van der Waals surface area contributed by atoms with Crippen molar-refractivity contribution in [2.24, 2.45) is 17.8 Å². The van der Waals surface area contributed by atoms with Gasteiger partial charge in [0.25, 0.3) is 0 Å². The summed E-state index contributed by atoms with van der Waals surface area (Å²) in [4.78, 5) is 0. The van der Waals surface area contributed by atoms with Crippen LogP contribution in [0.5, 0.6) is 0 Å². The largest absolute Gasteiger partial charge is 0.396 e. The van der Waals surface area contributed by atoms with Gasteiger partial charge in [0.05, 0.1) is 26.4 Å². The van der Waals surface area contributed by atoms with Crippen LogP contribution in [0.25, 0.3) is 0 Å². The van der Waals surface area contributed by atoms with E-state index in [1.807, 2.05) is 0 Å². The summed E-state index contributed by atoms with van der Waals surface area (Å²) < 4.78 is 15.1. The van der Waals surface area contributed by atoms with E-state index in [1.54, 1.807) is 0 Å². The van der Waals surface area contributed by atoms with Crippen LogP contribution in [0.2, 0.25) is 0 Å². The predicted molar refractivity (Wildman–Crippen MR) is 85.8 cm³/mol. The molecule has 0 radical (unpaired) electrons. The SMILES string of the molecule is C(OCC1CO1)C1CO1.CCCC(CO)CC(CO)C(C)C. The maximum absolute atomic E-state index is 9.13. The van der Waals surface area contributed by atoms with Crippen molar-refractivity contribution in [3.63, 3.8) is 0 Å². The van der Waals surface area contributed by atoms with E-state index in [1.165, 1.54) is 0 Å². The highest BCUT2D eigenvalue weighted by molar-refractivity contribution is 4.71. The summed E-state index contributed by atoms with van der Waals surface area (Å²) in [5.74, 6) is 1.24. The Morgan fingerprint density at radius 1 is 1.05 bits per heavy atom. The molecule has 0 aliphatic carbocycles. The van der Waals surface area contributed by atoms with Crippen molar-refractivity contribution in [1.82, 2.24) is 0 Å². The summed E-state index contributed by atoms with van der Waals surface area (Å²) in [6.07, 6.45) is 3.92. The lowest BCUT2D eigenvalue weighted by Crippen LogP contribution is -2.19. The first-order valence-electron chi connectivity index (χ1n) is 8.63. The highest BCUT2D eigenvalue weighted by Crippen LogP contribution is 2.22. The summed E-state index contributed by atoms with van der Waals surface area (Å²) in [5, 5.41) is 18.2. The van der Waals surface area contributed by atoms with Crippen molar-refractivity contribution in [2.45, 2.75) is 52.2 Å². The third-order valence-corrected chi connectivity index (χ3v) is 4.18. The average molecular weight is 318 g/mol. The summed E-state index contributed by atoms with van der Waals surface area (Å²) in [6.45, 7) is 10.2. The van der Waals surface area contributed by atoms with Crippen LogP contribution < -0.4 is 0 Å². The minimum absolute atomic E-state index is 0.248. The van der Waals surface area contributed by atoms with Crippen LogP contribution in [0.1, 0.15) is 40.0 Å². The molecular formula is C17H34O5. The first-order chi connectivity index (χ1) is 10.6. The minimum atomic E-state index is 0.248. The molecule has 2 N–H and O–H groups in total. The Morgan fingerprint density at radius 3 is 1.91 bits per heavy atom. The van der Waals surface area contributed by atoms with E-state index in [-0.39, 0.29) is 13.2 Å². The van der Waals surface area contributed by atoms with E-state index >= 15 is 0 Å². The Bertz CT molecular complexity index is 252. The Hall–Kier alpha value is -0.200. The maximum Gasteiger partial charge on any atom is 0.104 e. The molecule has 0 aromatic carbocycles. The van der Waals surface area contributed by atoms with Crippen LogP contribution >= 0.6 is 0 Å². The maximum atomic E-state index is 9.13. The molecule has 0 amide bonds. The monoisotopic (exact) mass is 318 g/mol. The second-order valence-electron chi connectivity index (χ2n) is 6.71. The molecule has 2 aliphatic heterocycles. The van der Waals surface area contributed by atoms with Crippen LogP contribution in [0.3, 0.4) is 0 Å². The van der Waals surface area contributed by atoms with Gasteiger partial charge in [0.2, 0.25) is 0 Å². The van der Waals surface area contributed by atoms with Gasteiger partial charge in [-0.3, -0.25) is 0 Å². The highest BCUT2D eigenvalue weighted by atomic mass is 16.6. The Morgan fingerprint density at radius 2 is 1.59 bits per heavy atom. The molecule has 2 saturated heterocycles. The van der Waals surface area contributed by atoms with Gasteiger partial charge in [0, 0.05) is 13.2 Å². The number of hydrogen-bond acceptors (Lipinski definition) is 5. The molecule has 2 heterocycles. The first kappa shape index (κ1) is 19.8. The van der Waals surface area contributed by atoms with Gasteiger partial charge in [-0.25, -0.2) is 0 Å². The van der Waals surface area contributed by atoms with Gasteiger partial charge < -0.3 is 24.4 Å². The van der Waals surface area contributed by atoms with Gasteiger partial charge in [-0.1, -0.05) is 27.2 Å². The fourth-order valence-electron chi connectivity index (χ4n) is 2.34. The lowest BCUT2D eigenvalue weighted by atomic mass is 9.85. The second kappa shape index (κ2) is 11.4. The molecule has 2 fully saturated rings. The minimum Gasteiger partial charge on any atom is -0.396 e. The number of epoxide rings is 2. The fraction of sp³-hybridized carbons (Fsp3) is 1.00. The van der Waals surface area contributed by atoms with Crippen molar-refractivity contribution >= 4 is 0 Å². The number of ether oxygens (including phenoxy) is 3. The summed E-state index contributed by atoms with van der Waals surface area (Å²) >= 11 is 0. The number of aliphatic hydroxyl groups excluding tert-OH is 2. The molecule has 22 heavy (non-hydrogen) atoms. The molecule has 4 unspecified atom stereocenters. The zero-order valence-corrected chi connectivity index (χ0v) is 14.4. The lowest BCUT2D eigenvalue weighted by Gasteiger charge is -2.23. The topological polar surface area (TPSA) is 74.8 Å². The van der Waals surface area contributed by atoms with Gasteiger partial charge in [-0.2, -0.15) is 0 Å². The molecule has 0 bridgehead atoms. The van der Waals surface area contributed by atoms with Gasteiger partial charge in [0.15, 0.2) is 0 Å². The number of hydrogen-bond donors (Lipinski definition) is 2. The molecule has 2 rings (SSSR count). The van der Waals surface area contributed by atoms with E-state index in [0.717, 1.165) is 45.7 Å². The van der Waals surface area contributed by atoms with E-state index in [9.17, 15) is 0 Å². The highest BCUT2D eigenvalue weighted by Gasteiger charge is 2.26. The third kappa shape index (κ3) is 9.74. The van der Waals surface area contributed by atoms with Crippen LogP contribution in [0.4, 0.5) is 0 Å². The van der Waals surface area contributed by atoms with Gasteiger partial charge in [-0.05, 0) is 30.6 Å². The predicted octanol–water partition coefficient (Wildman–Crippen LogP) is 1.85. The molecule has 2 aliphatic rings. The van der Waals surface area contributed by atoms with E-state index < -0.39 is 0 Å². The normalized spacial score (nSPS) is 25.4. The van der Waals surface area contributed by atoms with Crippen molar-refractivity contribution in [3.05, 3.63) is 0 Å². The van der Waals surface area contributed by atoms with Crippen molar-refractivity contribution < 1.29 is 24.4 Å². The first-order valence-corrected chi connectivity index (χ1v) is 8.63. The van der Waals surface area contributed by atoms with Gasteiger partial charge in [-0.15, -0.1) is 0 Å². The van der Waals surface area contributed by atoms with Gasteiger partial charge >= 0.3 is 0 Å². The molecule has 5 nitrogen and oxygen atoms in total. The second-order valence-corrected chi connectivity index (χ2v) is 6.71. The molecule has 0 aromatic rings. The Labute approximate surface area is 135 Å². The van der Waals surface area contributed by atoms with Crippen LogP contribution in [-0.2, 0) is 14.2 Å². The van der Waals surface area contributed by atoms with Crippen molar-refractivity contribution in [1.29, 1.82) is 0 Å². The smallest absolute Gasteiger partial charge is 0.104 e. The molecule has 0 saturated carbocycles. The Kier molecular flexibility index (Phi) is 10.2. The number of aliphatic hydroxyl groups is 2. The Balaban J connectivity index is 0.000000231. The fourth-order valence-corrected chi connectivity index (χ4v) is 2.34. The zero-order valence-electron chi connectivity index (χ0n) is 14.4. The quantitative estimate of drug-likeness (QED) is 0.569. The molecule has 4 atom stereocenters. The summed E-state index contributed by atoms with van der Waals surface area (Å²) in [6, 6.07) is 0. The zero-order chi connectivity index (χ0) is 16.4. The molecular weight excluding hydrogens is 284 g/mol. The number of rotatable bonds is 11. The lowest BCUT2D eigenvalue weighted by molar-refractivity contribution is 0.102. The van der Waals surface area contributed by atoms with Crippen molar-refractivity contribution in [2.75, 3.05) is 39.6 Å².